The molecule has 2 heterocycles. The van der Waals surface area contributed by atoms with E-state index in [4.69, 9.17) is 9.47 Å². The van der Waals surface area contributed by atoms with Gasteiger partial charge in [0.25, 0.3) is 0 Å². The Labute approximate surface area is 270 Å². The molecule has 10 nitrogen and oxygen atoms in total. The molecule has 2 aromatic carbocycles. The van der Waals surface area contributed by atoms with Gasteiger partial charge >= 0.3 is 6.09 Å². The van der Waals surface area contributed by atoms with E-state index >= 15 is 0 Å². The van der Waals surface area contributed by atoms with Gasteiger partial charge in [0.2, 0.25) is 6.41 Å². The predicted octanol–water partition coefficient (Wildman–Crippen LogP) is 7.10. The molecule has 4 aromatic rings. The Kier molecular flexibility index (Phi) is 8.33. The van der Waals surface area contributed by atoms with E-state index in [1.807, 2.05) is 53.9 Å². The quantitative estimate of drug-likeness (QED) is 0.125. The number of benzene rings is 2. The summed E-state index contributed by atoms with van der Waals surface area (Å²) in [7, 11) is 0. The molecule has 2 fully saturated rings. The van der Waals surface area contributed by atoms with Crippen molar-refractivity contribution in [1.82, 2.24) is 30.6 Å². The number of hydrogen-bond donors (Lipinski definition) is 5. The highest BCUT2D eigenvalue weighted by Gasteiger charge is 2.44. The van der Waals surface area contributed by atoms with Crippen LogP contribution in [0.15, 0.2) is 60.9 Å². The fourth-order valence-corrected chi connectivity index (χ4v) is 6.14. The van der Waals surface area contributed by atoms with E-state index in [1.54, 1.807) is 0 Å². The first-order chi connectivity index (χ1) is 21.7. The number of amides is 1. The van der Waals surface area contributed by atoms with Gasteiger partial charge in [-0.2, -0.15) is 0 Å². The monoisotopic (exact) mass is 626 g/mol. The Morgan fingerprint density at radius 3 is 1.57 bits per heavy atom. The van der Waals surface area contributed by atoms with Crippen molar-refractivity contribution in [2.75, 3.05) is 0 Å². The number of carbonyl (C=O) groups is 1. The Morgan fingerprint density at radius 2 is 1.17 bits per heavy atom. The van der Waals surface area contributed by atoms with Crippen molar-refractivity contribution in [3.63, 3.8) is 0 Å². The first-order valence-corrected chi connectivity index (χ1v) is 16.2. The van der Waals surface area contributed by atoms with Crippen LogP contribution in [0.25, 0.3) is 33.6 Å². The molecule has 2 aliphatic carbocycles. The number of carbonyl (C=O) groups excluding carboxylic acids is 1. The summed E-state index contributed by atoms with van der Waals surface area (Å²) in [5.74, 6) is 1.57. The van der Waals surface area contributed by atoms with Gasteiger partial charge in [0.1, 0.15) is 22.8 Å². The normalized spacial score (nSPS) is 17.9. The number of aliphatic hydroxyl groups is 1. The van der Waals surface area contributed by atoms with E-state index in [1.165, 1.54) is 0 Å². The molecule has 244 valence electrons. The van der Waals surface area contributed by atoms with Crippen LogP contribution in [-0.4, -0.2) is 48.8 Å². The van der Waals surface area contributed by atoms with Crippen molar-refractivity contribution in [2.24, 2.45) is 0 Å². The fraction of sp³-hybridized carbons (Fsp3) is 0.472. The summed E-state index contributed by atoms with van der Waals surface area (Å²) in [4.78, 5) is 28.8. The molecule has 10 heteroatoms. The second-order valence-electron chi connectivity index (χ2n) is 14.7. The van der Waals surface area contributed by atoms with E-state index < -0.39 is 34.8 Å². The number of ether oxygens (including phenoxy) is 2. The molecule has 1 amide bonds. The maximum Gasteiger partial charge on any atom is 0.408 e. The third kappa shape index (κ3) is 6.89. The molecule has 6 rings (SSSR count). The third-order valence-electron chi connectivity index (χ3n) is 8.80. The number of aliphatic hydroxyl groups excluding tert-OH is 1. The second kappa shape index (κ2) is 12.0. The summed E-state index contributed by atoms with van der Waals surface area (Å²) in [6.45, 7) is 11.3. The Balaban J connectivity index is 1.12. The van der Waals surface area contributed by atoms with Crippen LogP contribution in [-0.2, 0) is 20.6 Å². The lowest BCUT2D eigenvalue weighted by molar-refractivity contribution is -0.199. The van der Waals surface area contributed by atoms with E-state index in [2.05, 4.69) is 79.1 Å². The van der Waals surface area contributed by atoms with E-state index in [-0.39, 0.29) is 0 Å². The van der Waals surface area contributed by atoms with Crippen molar-refractivity contribution < 1.29 is 19.4 Å². The van der Waals surface area contributed by atoms with Crippen LogP contribution >= 0.6 is 0 Å². The van der Waals surface area contributed by atoms with E-state index in [0.717, 1.165) is 83.8 Å². The molecular formula is C36H46N6O4. The number of imidazole rings is 2. The predicted molar refractivity (Wildman–Crippen MR) is 177 cm³/mol. The molecule has 1 atom stereocenters. The first kappa shape index (κ1) is 32.0. The molecule has 0 radical (unpaired) electrons. The number of nitrogens with zero attached hydrogens (tertiary/aromatic N) is 2. The fourth-order valence-electron chi connectivity index (χ4n) is 6.14. The number of aromatic amines is 2. The smallest absolute Gasteiger partial charge is 0.408 e. The first-order valence-electron chi connectivity index (χ1n) is 16.2. The van der Waals surface area contributed by atoms with Gasteiger partial charge < -0.3 is 29.9 Å². The number of aromatic nitrogens is 4. The minimum atomic E-state index is -1.07. The summed E-state index contributed by atoms with van der Waals surface area (Å²) in [6, 6.07) is 16.8. The highest BCUT2D eigenvalue weighted by atomic mass is 16.6. The maximum absolute atomic E-state index is 12.5. The van der Waals surface area contributed by atoms with Crippen molar-refractivity contribution in [3.8, 4) is 33.6 Å². The second-order valence-corrected chi connectivity index (χ2v) is 14.7. The number of alkyl carbamates (subject to hydrolysis) is 1. The molecule has 5 N–H and O–H groups in total. The van der Waals surface area contributed by atoms with Crippen molar-refractivity contribution in [2.45, 2.75) is 109 Å². The van der Waals surface area contributed by atoms with Crippen LogP contribution in [0.5, 0.6) is 0 Å². The minimum Gasteiger partial charge on any atom is -0.444 e. The Hall–Kier alpha value is -3.99. The van der Waals surface area contributed by atoms with Crippen LogP contribution in [0.4, 0.5) is 4.79 Å². The van der Waals surface area contributed by atoms with Crippen molar-refractivity contribution >= 4 is 6.09 Å². The van der Waals surface area contributed by atoms with Gasteiger partial charge in [-0.05, 0) is 102 Å². The highest BCUT2D eigenvalue weighted by molar-refractivity contribution is 5.72. The SMILES string of the molecule is CC(C)(C)OC(=O)NC1(c2ncc(-c3ccc(-c4ccc(-c5cnc(C6(NC(O)OC(C)(C)C)CCC6)[nH]5)cc4)cc3)[nH]2)CCC1. The van der Waals surface area contributed by atoms with E-state index in [0.29, 0.717) is 0 Å². The number of nitrogens with one attached hydrogen (secondary N) is 4. The number of H-pyrrole nitrogens is 2. The molecular weight excluding hydrogens is 580 g/mol. The van der Waals surface area contributed by atoms with Gasteiger partial charge in [-0.15, -0.1) is 0 Å². The molecule has 2 aliphatic rings. The highest BCUT2D eigenvalue weighted by Crippen LogP contribution is 2.42. The molecule has 0 bridgehead atoms. The molecule has 2 saturated carbocycles. The summed E-state index contributed by atoms with van der Waals surface area (Å²) < 4.78 is 11.2. The van der Waals surface area contributed by atoms with Gasteiger partial charge in [-0.25, -0.2) is 14.8 Å². The van der Waals surface area contributed by atoms with Crippen LogP contribution in [0.2, 0.25) is 0 Å². The summed E-state index contributed by atoms with van der Waals surface area (Å²) in [5.41, 5.74) is 4.14. The summed E-state index contributed by atoms with van der Waals surface area (Å²) >= 11 is 0. The Bertz CT molecular complexity index is 1650. The minimum absolute atomic E-state index is 0.422. The molecule has 46 heavy (non-hydrogen) atoms. The zero-order valence-electron chi connectivity index (χ0n) is 27.7. The van der Waals surface area contributed by atoms with Crippen LogP contribution in [0.1, 0.15) is 91.7 Å². The van der Waals surface area contributed by atoms with Crippen LogP contribution < -0.4 is 10.6 Å². The zero-order valence-corrected chi connectivity index (χ0v) is 27.7. The van der Waals surface area contributed by atoms with Gasteiger partial charge in [-0.3, -0.25) is 5.32 Å². The standard InChI is InChI=1S/C36H46N6O4/c1-33(2,3)45-31(43)41-35(17-7-18-35)29-37-21-27(39-29)25-13-9-23(10-14-25)24-11-15-26(16-12-24)28-22-38-30(40-28)36(19-8-20-36)42-32(44)46-34(4,5)6/h9-16,21-22,31,41,43H,7-8,17-20H2,1-6H3,(H,37,39)(H,38,40)(H,42,44). The van der Waals surface area contributed by atoms with Gasteiger partial charge in [0.15, 0.2) is 0 Å². The van der Waals surface area contributed by atoms with E-state index in [9.17, 15) is 9.90 Å². The zero-order chi connectivity index (χ0) is 32.7. The molecule has 1 unspecified atom stereocenters. The largest absolute Gasteiger partial charge is 0.444 e. The lowest BCUT2D eigenvalue weighted by Gasteiger charge is -2.43. The maximum atomic E-state index is 12.5. The van der Waals surface area contributed by atoms with Gasteiger partial charge in [-0.1, -0.05) is 48.5 Å². The average Bonchev–Trinajstić information content (AvgIpc) is 3.62. The lowest BCUT2D eigenvalue weighted by atomic mass is 9.76. The topological polar surface area (TPSA) is 137 Å². The average molecular weight is 627 g/mol. The summed E-state index contributed by atoms with van der Waals surface area (Å²) in [6.07, 6.45) is 7.67. The lowest BCUT2D eigenvalue weighted by Crippen LogP contribution is -2.55. The van der Waals surface area contributed by atoms with Crippen LogP contribution in [0, 0.1) is 0 Å². The van der Waals surface area contributed by atoms with Crippen molar-refractivity contribution in [3.05, 3.63) is 72.6 Å². The number of hydrogen-bond acceptors (Lipinski definition) is 7. The molecule has 0 aliphatic heterocycles. The Morgan fingerprint density at radius 1 is 0.739 bits per heavy atom. The summed E-state index contributed by atoms with van der Waals surface area (Å²) in [5, 5.41) is 16.8. The van der Waals surface area contributed by atoms with Crippen LogP contribution in [0.3, 0.4) is 0 Å². The van der Waals surface area contributed by atoms with Gasteiger partial charge in [0.05, 0.1) is 34.9 Å². The third-order valence-corrected chi connectivity index (χ3v) is 8.80. The van der Waals surface area contributed by atoms with Crippen molar-refractivity contribution in [1.29, 1.82) is 0 Å². The molecule has 0 spiro atoms. The number of rotatable bonds is 9. The molecule has 2 aromatic heterocycles. The molecule has 0 saturated heterocycles. The van der Waals surface area contributed by atoms with Gasteiger partial charge in [0, 0.05) is 0 Å².